The van der Waals surface area contributed by atoms with E-state index in [1.807, 2.05) is 0 Å². The maximum Gasteiger partial charge on any atom is 0.338 e. The third-order valence-electron chi connectivity index (χ3n) is 3.43. The lowest BCUT2D eigenvalue weighted by Crippen LogP contribution is -2.22. The van der Waals surface area contributed by atoms with Gasteiger partial charge in [-0.25, -0.2) is 17.9 Å². The van der Waals surface area contributed by atoms with Crippen LogP contribution in [0.3, 0.4) is 0 Å². The van der Waals surface area contributed by atoms with Gasteiger partial charge in [-0.1, -0.05) is 11.6 Å². The molecule has 0 saturated heterocycles. The molecule has 0 saturated carbocycles. The first kappa shape index (κ1) is 20.7. The van der Waals surface area contributed by atoms with Crippen LogP contribution in [-0.2, 0) is 19.6 Å². The minimum atomic E-state index is -3.84. The van der Waals surface area contributed by atoms with Crippen LogP contribution in [0.5, 0.6) is 5.75 Å². The molecule has 0 spiro atoms. The van der Waals surface area contributed by atoms with Crippen molar-refractivity contribution < 1.29 is 27.5 Å². The number of hydrogen-bond donors (Lipinski definition) is 2. The van der Waals surface area contributed by atoms with Gasteiger partial charge in [0.1, 0.15) is 10.6 Å². The third kappa shape index (κ3) is 5.43. The summed E-state index contributed by atoms with van der Waals surface area (Å²) in [5.74, 6) is -0.774. The van der Waals surface area contributed by atoms with Gasteiger partial charge in [0.25, 0.3) is 5.91 Å². The number of carbonyl (C=O) groups excluding carboxylic acids is 2. The highest BCUT2D eigenvalue weighted by Crippen LogP contribution is 2.23. The molecule has 0 aliphatic rings. The molecule has 2 rings (SSSR count). The minimum absolute atomic E-state index is 0.0434. The Hall–Kier alpha value is -2.62. The van der Waals surface area contributed by atoms with Crippen molar-refractivity contribution >= 4 is 39.2 Å². The Balaban J connectivity index is 2.00. The van der Waals surface area contributed by atoms with Crippen LogP contribution < -0.4 is 14.8 Å². The fourth-order valence-electron chi connectivity index (χ4n) is 2.03. The molecule has 2 aromatic carbocycles. The SMILES string of the molecule is CNS(=O)(=O)c1cc(C(=O)OCC(=O)Nc2ccc(OC)cc2)ccc1Cl. The van der Waals surface area contributed by atoms with Crippen LogP contribution in [0.4, 0.5) is 5.69 Å². The summed E-state index contributed by atoms with van der Waals surface area (Å²) in [5.41, 5.74) is 0.455. The molecule has 0 unspecified atom stereocenters. The van der Waals surface area contributed by atoms with Gasteiger partial charge >= 0.3 is 5.97 Å². The molecule has 8 nitrogen and oxygen atoms in total. The Kier molecular flexibility index (Phi) is 6.78. The van der Waals surface area contributed by atoms with Crippen molar-refractivity contribution in [2.75, 3.05) is 26.1 Å². The van der Waals surface area contributed by atoms with Crippen molar-refractivity contribution in [3.8, 4) is 5.75 Å². The van der Waals surface area contributed by atoms with Gasteiger partial charge in [0.15, 0.2) is 6.61 Å². The van der Waals surface area contributed by atoms with Gasteiger partial charge in [-0.05, 0) is 49.5 Å². The van der Waals surface area contributed by atoms with Crippen LogP contribution in [0.1, 0.15) is 10.4 Å². The highest BCUT2D eigenvalue weighted by atomic mass is 35.5. The maximum atomic E-state index is 12.1. The number of methoxy groups -OCH3 is 1. The number of anilines is 1. The van der Waals surface area contributed by atoms with E-state index in [2.05, 4.69) is 10.0 Å². The van der Waals surface area contributed by atoms with Gasteiger partial charge in [-0.3, -0.25) is 4.79 Å². The van der Waals surface area contributed by atoms with Crippen LogP contribution in [0, 0.1) is 0 Å². The number of nitrogens with one attached hydrogen (secondary N) is 2. The Morgan fingerprint density at radius 2 is 1.78 bits per heavy atom. The summed E-state index contributed by atoms with van der Waals surface area (Å²) in [6, 6.07) is 10.2. The van der Waals surface area contributed by atoms with Gasteiger partial charge in [0, 0.05) is 5.69 Å². The standard InChI is InChI=1S/C17H17ClN2O6S/c1-19-27(23,24)15-9-11(3-8-14(15)18)17(22)26-10-16(21)20-12-4-6-13(25-2)7-5-12/h3-9,19H,10H2,1-2H3,(H,20,21). The molecule has 2 aromatic rings. The van der Waals surface area contributed by atoms with Crippen LogP contribution in [0.15, 0.2) is 47.4 Å². The van der Waals surface area contributed by atoms with Crippen molar-refractivity contribution in [3.63, 3.8) is 0 Å². The lowest BCUT2D eigenvalue weighted by atomic mass is 10.2. The molecule has 0 aliphatic carbocycles. The average Bonchev–Trinajstić information content (AvgIpc) is 2.67. The van der Waals surface area contributed by atoms with E-state index in [1.165, 1.54) is 26.3 Å². The van der Waals surface area contributed by atoms with Crippen LogP contribution in [0.2, 0.25) is 5.02 Å². The fraction of sp³-hybridized carbons (Fsp3) is 0.176. The van der Waals surface area contributed by atoms with Crippen LogP contribution >= 0.6 is 11.6 Å². The Bertz CT molecular complexity index is 944. The highest BCUT2D eigenvalue weighted by Gasteiger charge is 2.19. The van der Waals surface area contributed by atoms with Gasteiger partial charge in [-0.2, -0.15) is 0 Å². The second kappa shape index (κ2) is 8.85. The normalized spacial score (nSPS) is 10.9. The number of sulfonamides is 1. The smallest absolute Gasteiger partial charge is 0.338 e. The first-order valence-electron chi connectivity index (χ1n) is 7.61. The van der Waals surface area contributed by atoms with Crippen LogP contribution in [-0.4, -0.2) is 41.1 Å². The zero-order valence-electron chi connectivity index (χ0n) is 14.5. The molecule has 0 heterocycles. The third-order valence-corrected chi connectivity index (χ3v) is 5.33. The summed E-state index contributed by atoms with van der Waals surface area (Å²) in [6.45, 7) is -0.540. The predicted molar refractivity (Wildman–Crippen MR) is 99.6 cm³/mol. The zero-order valence-corrected chi connectivity index (χ0v) is 16.1. The maximum absolute atomic E-state index is 12.1. The number of benzene rings is 2. The lowest BCUT2D eigenvalue weighted by Gasteiger charge is -2.09. The van der Waals surface area contributed by atoms with E-state index in [1.54, 1.807) is 24.3 Å². The van der Waals surface area contributed by atoms with Crippen molar-refractivity contribution in [1.29, 1.82) is 0 Å². The van der Waals surface area contributed by atoms with Crippen molar-refractivity contribution in [3.05, 3.63) is 53.1 Å². The number of esters is 1. The molecule has 2 N–H and O–H groups in total. The van der Waals surface area contributed by atoms with E-state index in [0.29, 0.717) is 11.4 Å². The summed E-state index contributed by atoms with van der Waals surface area (Å²) < 4.78 is 35.8. The lowest BCUT2D eigenvalue weighted by molar-refractivity contribution is -0.119. The molecule has 0 radical (unpaired) electrons. The number of rotatable bonds is 7. The first-order valence-corrected chi connectivity index (χ1v) is 9.47. The molecular formula is C17H17ClN2O6S. The van der Waals surface area contributed by atoms with Gasteiger partial charge in [-0.15, -0.1) is 0 Å². The number of halogens is 1. The topological polar surface area (TPSA) is 111 Å². The quantitative estimate of drug-likeness (QED) is 0.673. The van der Waals surface area contributed by atoms with Crippen molar-refractivity contribution in [1.82, 2.24) is 4.72 Å². The van der Waals surface area contributed by atoms with Gasteiger partial charge < -0.3 is 14.8 Å². The Labute approximate surface area is 161 Å². The van der Waals surface area contributed by atoms with Gasteiger partial charge in [0.05, 0.1) is 17.7 Å². The molecule has 0 fully saturated rings. The number of ether oxygens (including phenoxy) is 2. The molecule has 1 amide bonds. The fourth-order valence-corrected chi connectivity index (χ4v) is 3.28. The zero-order chi connectivity index (χ0) is 20.0. The summed E-state index contributed by atoms with van der Waals surface area (Å²) in [4.78, 5) is 23.7. The van der Waals surface area contributed by atoms with E-state index in [4.69, 9.17) is 21.1 Å². The molecule has 27 heavy (non-hydrogen) atoms. The van der Waals surface area contributed by atoms with E-state index in [9.17, 15) is 18.0 Å². The Morgan fingerprint density at radius 1 is 1.11 bits per heavy atom. The number of hydrogen-bond acceptors (Lipinski definition) is 6. The van der Waals surface area contributed by atoms with E-state index in [-0.39, 0.29) is 15.5 Å². The molecular weight excluding hydrogens is 396 g/mol. The number of carbonyl (C=O) groups is 2. The second-order valence-corrected chi connectivity index (χ2v) is 7.47. The van der Waals surface area contributed by atoms with Crippen LogP contribution in [0.25, 0.3) is 0 Å². The van der Waals surface area contributed by atoms with Gasteiger partial charge in [0.2, 0.25) is 10.0 Å². The van der Waals surface area contributed by atoms with E-state index < -0.39 is 28.5 Å². The molecule has 0 aromatic heterocycles. The summed E-state index contributed by atoms with van der Waals surface area (Å²) in [5, 5.41) is 2.51. The molecule has 0 atom stereocenters. The molecule has 0 bridgehead atoms. The number of amides is 1. The summed E-state index contributed by atoms with van der Waals surface area (Å²) >= 11 is 5.86. The first-order chi connectivity index (χ1) is 12.8. The summed E-state index contributed by atoms with van der Waals surface area (Å²) in [7, 11) is -1.09. The average molecular weight is 413 g/mol. The predicted octanol–water partition coefficient (Wildman–Crippen LogP) is 2.05. The Morgan fingerprint density at radius 3 is 2.37 bits per heavy atom. The second-order valence-electron chi connectivity index (χ2n) is 5.21. The largest absolute Gasteiger partial charge is 0.497 e. The van der Waals surface area contributed by atoms with Crippen molar-refractivity contribution in [2.45, 2.75) is 4.90 Å². The monoisotopic (exact) mass is 412 g/mol. The van der Waals surface area contributed by atoms with E-state index >= 15 is 0 Å². The highest BCUT2D eigenvalue weighted by molar-refractivity contribution is 7.89. The molecule has 0 aliphatic heterocycles. The van der Waals surface area contributed by atoms with E-state index in [0.717, 1.165) is 6.07 Å². The minimum Gasteiger partial charge on any atom is -0.497 e. The molecule has 10 heteroatoms. The molecule has 144 valence electrons. The summed E-state index contributed by atoms with van der Waals surface area (Å²) in [6.07, 6.45) is 0. The van der Waals surface area contributed by atoms with Crippen molar-refractivity contribution in [2.24, 2.45) is 0 Å².